The first-order valence-electron chi connectivity index (χ1n) is 9.41. The van der Waals surface area contributed by atoms with Gasteiger partial charge in [-0.3, -0.25) is 9.59 Å². The summed E-state index contributed by atoms with van der Waals surface area (Å²) in [7, 11) is 0. The standard InChI is InChI=1S/C18H36N2O4/c1-2-3-4-5-6-7-8-9-10-11-17(22)16(20-12-13-21)14-19-15-18(23)24/h16,19-21H,2-15H2,1H3,(H,23,24). The van der Waals surface area contributed by atoms with Crippen LogP contribution in [-0.4, -0.2) is 54.2 Å². The number of aliphatic carboxylic acids is 1. The van der Waals surface area contributed by atoms with Crippen LogP contribution in [0.25, 0.3) is 0 Å². The Labute approximate surface area is 146 Å². The second kappa shape index (κ2) is 16.9. The van der Waals surface area contributed by atoms with Crippen molar-refractivity contribution in [1.29, 1.82) is 0 Å². The van der Waals surface area contributed by atoms with Gasteiger partial charge < -0.3 is 20.8 Å². The molecule has 6 heteroatoms. The van der Waals surface area contributed by atoms with Gasteiger partial charge in [0.2, 0.25) is 0 Å². The summed E-state index contributed by atoms with van der Waals surface area (Å²) in [6.45, 7) is 2.63. The molecule has 0 aromatic heterocycles. The predicted molar refractivity (Wildman–Crippen MR) is 96.2 cm³/mol. The van der Waals surface area contributed by atoms with Crippen LogP contribution in [0.2, 0.25) is 0 Å². The number of aliphatic hydroxyl groups excluding tert-OH is 1. The monoisotopic (exact) mass is 344 g/mol. The number of hydrogen-bond acceptors (Lipinski definition) is 5. The molecule has 6 nitrogen and oxygen atoms in total. The Morgan fingerprint density at radius 2 is 1.54 bits per heavy atom. The van der Waals surface area contributed by atoms with Crippen molar-refractivity contribution in [3.63, 3.8) is 0 Å². The van der Waals surface area contributed by atoms with Crippen LogP contribution in [-0.2, 0) is 9.59 Å². The van der Waals surface area contributed by atoms with E-state index in [1.54, 1.807) is 0 Å². The molecule has 0 bridgehead atoms. The number of ketones is 1. The van der Waals surface area contributed by atoms with Gasteiger partial charge in [-0.2, -0.15) is 0 Å². The highest BCUT2D eigenvalue weighted by molar-refractivity contribution is 5.84. The summed E-state index contributed by atoms with van der Waals surface area (Å²) in [6, 6.07) is -0.425. The van der Waals surface area contributed by atoms with Gasteiger partial charge in [0.15, 0.2) is 5.78 Å². The van der Waals surface area contributed by atoms with Crippen molar-refractivity contribution in [2.45, 2.75) is 77.2 Å². The van der Waals surface area contributed by atoms with Crippen molar-refractivity contribution < 1.29 is 19.8 Å². The molecule has 0 fully saturated rings. The maximum absolute atomic E-state index is 12.2. The highest BCUT2D eigenvalue weighted by Crippen LogP contribution is 2.11. The van der Waals surface area contributed by atoms with Crippen LogP contribution < -0.4 is 10.6 Å². The molecule has 0 aliphatic heterocycles. The summed E-state index contributed by atoms with van der Waals surface area (Å²) in [6.07, 6.45) is 11.4. The normalized spacial score (nSPS) is 12.2. The van der Waals surface area contributed by atoms with Gasteiger partial charge >= 0.3 is 5.97 Å². The number of aliphatic hydroxyl groups is 1. The molecule has 1 atom stereocenters. The van der Waals surface area contributed by atoms with Crippen molar-refractivity contribution in [3.05, 3.63) is 0 Å². The predicted octanol–water partition coefficient (Wildman–Crippen LogP) is 2.10. The molecule has 0 spiro atoms. The number of carbonyl (C=O) groups is 2. The van der Waals surface area contributed by atoms with Crippen LogP contribution in [0.4, 0.5) is 0 Å². The molecule has 0 saturated carbocycles. The highest BCUT2D eigenvalue weighted by Gasteiger charge is 2.17. The van der Waals surface area contributed by atoms with Gasteiger partial charge in [-0.05, 0) is 6.42 Å². The minimum atomic E-state index is -0.942. The Kier molecular flexibility index (Phi) is 16.2. The Hall–Kier alpha value is -0.980. The average molecular weight is 344 g/mol. The van der Waals surface area contributed by atoms with Gasteiger partial charge in [0.25, 0.3) is 0 Å². The van der Waals surface area contributed by atoms with Crippen molar-refractivity contribution >= 4 is 11.8 Å². The van der Waals surface area contributed by atoms with Gasteiger partial charge in [0, 0.05) is 19.5 Å². The molecule has 0 radical (unpaired) electrons. The van der Waals surface area contributed by atoms with E-state index in [0.717, 1.165) is 12.8 Å². The number of hydrogen-bond donors (Lipinski definition) is 4. The number of unbranched alkanes of at least 4 members (excludes halogenated alkanes) is 8. The van der Waals surface area contributed by atoms with E-state index >= 15 is 0 Å². The minimum absolute atomic E-state index is 0.0409. The molecule has 0 heterocycles. The lowest BCUT2D eigenvalue weighted by atomic mass is 10.0. The zero-order valence-electron chi connectivity index (χ0n) is 15.2. The van der Waals surface area contributed by atoms with Crippen molar-refractivity contribution in [2.75, 3.05) is 26.2 Å². The highest BCUT2D eigenvalue weighted by atomic mass is 16.4. The third-order valence-corrected chi connectivity index (χ3v) is 4.04. The molecule has 0 amide bonds. The third-order valence-electron chi connectivity index (χ3n) is 4.04. The number of carboxylic acids is 1. The molecule has 24 heavy (non-hydrogen) atoms. The second-order valence-electron chi connectivity index (χ2n) is 6.30. The van der Waals surface area contributed by atoms with Gasteiger partial charge in [-0.1, -0.05) is 58.3 Å². The zero-order valence-corrected chi connectivity index (χ0v) is 15.2. The van der Waals surface area contributed by atoms with Crippen LogP contribution in [0.15, 0.2) is 0 Å². The number of carbonyl (C=O) groups excluding carboxylic acids is 1. The fourth-order valence-corrected chi connectivity index (χ4v) is 2.65. The summed E-state index contributed by atoms with van der Waals surface area (Å²) in [5, 5.41) is 23.2. The summed E-state index contributed by atoms with van der Waals surface area (Å²) in [4.78, 5) is 22.7. The zero-order chi connectivity index (χ0) is 18.0. The van der Waals surface area contributed by atoms with Crippen LogP contribution in [0, 0.1) is 0 Å². The van der Waals surface area contributed by atoms with Crippen LogP contribution >= 0.6 is 0 Å². The topological polar surface area (TPSA) is 98.7 Å². The first kappa shape index (κ1) is 23.0. The molecule has 142 valence electrons. The number of rotatable bonds is 18. The van der Waals surface area contributed by atoms with Gasteiger partial charge in [0.1, 0.15) is 0 Å². The lowest BCUT2D eigenvalue weighted by molar-refractivity contribution is -0.136. The number of nitrogens with one attached hydrogen (secondary N) is 2. The van der Waals surface area contributed by atoms with Crippen LogP contribution in [0.1, 0.15) is 71.1 Å². The Morgan fingerprint density at radius 1 is 0.958 bits per heavy atom. The summed E-state index contributed by atoms with van der Waals surface area (Å²) in [5.41, 5.74) is 0. The van der Waals surface area contributed by atoms with Crippen LogP contribution in [0.5, 0.6) is 0 Å². The lowest BCUT2D eigenvalue weighted by Gasteiger charge is -2.17. The maximum Gasteiger partial charge on any atom is 0.317 e. The molecule has 0 rings (SSSR count). The van der Waals surface area contributed by atoms with Gasteiger partial charge in [-0.25, -0.2) is 0 Å². The molecular formula is C18H36N2O4. The van der Waals surface area contributed by atoms with E-state index in [2.05, 4.69) is 17.6 Å². The average Bonchev–Trinajstić information content (AvgIpc) is 2.56. The molecule has 0 aliphatic carbocycles. The largest absolute Gasteiger partial charge is 0.480 e. The fraction of sp³-hybridized carbons (Fsp3) is 0.889. The summed E-state index contributed by atoms with van der Waals surface area (Å²) < 4.78 is 0. The minimum Gasteiger partial charge on any atom is -0.480 e. The Balaban J connectivity index is 3.77. The maximum atomic E-state index is 12.2. The molecular weight excluding hydrogens is 308 g/mol. The van der Waals surface area contributed by atoms with Crippen molar-refractivity contribution in [1.82, 2.24) is 10.6 Å². The second-order valence-corrected chi connectivity index (χ2v) is 6.30. The van der Waals surface area contributed by atoms with E-state index in [-0.39, 0.29) is 25.5 Å². The SMILES string of the molecule is CCCCCCCCCCCC(=O)C(CNCC(=O)O)NCCO. The molecule has 0 aromatic rings. The summed E-state index contributed by atoms with van der Waals surface area (Å²) in [5.74, 6) is -0.855. The number of Topliss-reactive ketones (excluding diaryl/α,β-unsaturated/α-hetero) is 1. The Morgan fingerprint density at radius 3 is 2.08 bits per heavy atom. The smallest absolute Gasteiger partial charge is 0.317 e. The molecule has 1 unspecified atom stereocenters. The van der Waals surface area contributed by atoms with E-state index in [0.29, 0.717) is 13.0 Å². The number of carboxylic acid groups (broad SMARTS) is 1. The Bertz CT molecular complexity index is 324. The molecule has 0 saturated heterocycles. The quantitative estimate of drug-likeness (QED) is 0.284. The van der Waals surface area contributed by atoms with E-state index in [1.807, 2.05) is 0 Å². The molecule has 4 N–H and O–H groups in total. The van der Waals surface area contributed by atoms with Crippen molar-refractivity contribution in [2.24, 2.45) is 0 Å². The van der Waals surface area contributed by atoms with Crippen molar-refractivity contribution in [3.8, 4) is 0 Å². The first-order chi connectivity index (χ1) is 11.6. The van der Waals surface area contributed by atoms with E-state index in [4.69, 9.17) is 10.2 Å². The van der Waals surface area contributed by atoms with Gasteiger partial charge in [-0.15, -0.1) is 0 Å². The lowest BCUT2D eigenvalue weighted by Crippen LogP contribution is -2.46. The first-order valence-corrected chi connectivity index (χ1v) is 9.41. The summed E-state index contributed by atoms with van der Waals surface area (Å²) >= 11 is 0. The fourth-order valence-electron chi connectivity index (χ4n) is 2.65. The molecule has 0 aliphatic rings. The molecule has 0 aromatic carbocycles. The van der Waals surface area contributed by atoms with Gasteiger partial charge in [0.05, 0.1) is 19.2 Å². The van der Waals surface area contributed by atoms with E-state index in [9.17, 15) is 9.59 Å². The third kappa shape index (κ3) is 14.6. The van der Waals surface area contributed by atoms with Crippen LogP contribution in [0.3, 0.4) is 0 Å². The van der Waals surface area contributed by atoms with E-state index in [1.165, 1.54) is 44.9 Å². The van der Waals surface area contributed by atoms with E-state index < -0.39 is 12.0 Å².